The zero-order valence-corrected chi connectivity index (χ0v) is 12.0. The third kappa shape index (κ3) is 5.16. The predicted molar refractivity (Wildman–Crippen MR) is 81.0 cm³/mol. The second kappa shape index (κ2) is 7.31. The van der Waals surface area contributed by atoms with Crippen molar-refractivity contribution in [3.63, 3.8) is 0 Å². The molecule has 4 N–H and O–H groups in total. The molecule has 0 aliphatic rings. The first-order chi connectivity index (χ1) is 9.81. The zero-order valence-electron chi connectivity index (χ0n) is 11.2. The maximum Gasteiger partial charge on any atom is 0.335 e. The molecule has 0 unspecified atom stereocenters. The number of halogens is 1. The summed E-state index contributed by atoms with van der Waals surface area (Å²) in [5, 5.41) is 18.0. The van der Waals surface area contributed by atoms with E-state index in [0.29, 0.717) is 5.56 Å². The van der Waals surface area contributed by atoms with Gasteiger partial charge in [-0.2, -0.15) is 0 Å². The van der Waals surface area contributed by atoms with Crippen molar-refractivity contribution >= 4 is 29.2 Å². The van der Waals surface area contributed by atoms with Gasteiger partial charge < -0.3 is 15.9 Å². The normalized spacial score (nSPS) is 9.43. The number of anilines is 1. The van der Waals surface area contributed by atoms with Gasteiger partial charge in [-0.15, -0.1) is 0 Å². The molecule has 0 heterocycles. The largest absolute Gasteiger partial charge is 0.478 e. The molecule has 0 radical (unpaired) electrons. The van der Waals surface area contributed by atoms with Crippen LogP contribution in [-0.2, 0) is 0 Å². The van der Waals surface area contributed by atoms with Crippen LogP contribution in [0.2, 0.25) is 5.02 Å². The van der Waals surface area contributed by atoms with Crippen LogP contribution in [0.3, 0.4) is 0 Å². The minimum atomic E-state index is -1.12. The topological polar surface area (TPSA) is 101 Å². The Labute approximate surface area is 126 Å². The van der Waals surface area contributed by atoms with Crippen LogP contribution in [0.4, 0.5) is 5.69 Å². The van der Waals surface area contributed by atoms with E-state index in [9.17, 15) is 9.59 Å². The van der Waals surface area contributed by atoms with Gasteiger partial charge in [0.25, 0.3) is 0 Å². The number of nitrogen functional groups attached to an aromatic ring is 1. The lowest BCUT2D eigenvalue weighted by molar-refractivity contribution is 0.0695. The number of rotatable bonds is 2. The zero-order chi connectivity index (χ0) is 16.0. The van der Waals surface area contributed by atoms with Crippen molar-refractivity contribution in [2.24, 2.45) is 0 Å². The van der Waals surface area contributed by atoms with Gasteiger partial charge in [-0.05, 0) is 48.9 Å². The van der Waals surface area contributed by atoms with E-state index in [4.69, 9.17) is 27.5 Å². The van der Waals surface area contributed by atoms with Crippen LogP contribution in [0.15, 0.2) is 42.5 Å². The van der Waals surface area contributed by atoms with Gasteiger partial charge in [0.1, 0.15) is 0 Å². The third-order valence-corrected chi connectivity index (χ3v) is 2.84. The molecule has 6 heteroatoms. The van der Waals surface area contributed by atoms with Gasteiger partial charge in [-0.1, -0.05) is 17.7 Å². The van der Waals surface area contributed by atoms with Gasteiger partial charge >= 0.3 is 11.9 Å². The van der Waals surface area contributed by atoms with Gasteiger partial charge in [0.15, 0.2) is 0 Å². The minimum Gasteiger partial charge on any atom is -0.478 e. The summed E-state index contributed by atoms with van der Waals surface area (Å²) in [6.07, 6.45) is 0. The number of aromatic carboxylic acids is 2. The smallest absolute Gasteiger partial charge is 0.335 e. The molecule has 0 fully saturated rings. The van der Waals surface area contributed by atoms with Crippen molar-refractivity contribution in [2.45, 2.75) is 6.92 Å². The highest BCUT2D eigenvalue weighted by Gasteiger charge is 2.10. The quantitative estimate of drug-likeness (QED) is 0.739. The van der Waals surface area contributed by atoms with Crippen molar-refractivity contribution in [1.29, 1.82) is 0 Å². The molecule has 2 rings (SSSR count). The lowest BCUT2D eigenvalue weighted by atomic mass is 10.1. The monoisotopic (exact) mass is 307 g/mol. The Bertz CT molecular complexity index is 632. The summed E-state index contributed by atoms with van der Waals surface area (Å²) < 4.78 is 0. The highest BCUT2D eigenvalue weighted by Crippen LogP contribution is 2.11. The fourth-order valence-electron chi connectivity index (χ4n) is 1.45. The molecule has 21 heavy (non-hydrogen) atoms. The Balaban J connectivity index is 0.000000235. The van der Waals surface area contributed by atoms with Gasteiger partial charge in [-0.25, -0.2) is 9.59 Å². The average molecular weight is 308 g/mol. The Hall–Kier alpha value is -2.53. The van der Waals surface area contributed by atoms with E-state index in [-0.39, 0.29) is 11.1 Å². The van der Waals surface area contributed by atoms with Crippen molar-refractivity contribution in [2.75, 3.05) is 5.73 Å². The molecule has 0 saturated carbocycles. The third-order valence-electron chi connectivity index (χ3n) is 2.58. The fraction of sp³-hybridized carbons (Fsp3) is 0.0667. The molecule has 5 nitrogen and oxygen atoms in total. The standard InChI is InChI=1S/C9H8O4.C6H6ClN/c1-5-2-3-6(8(10)11)4-7(5)9(12)13;7-5-1-3-6(8)4-2-5/h2-4H,1H3,(H,10,11)(H,12,13);1-4H,8H2. The molecule has 110 valence electrons. The molecular weight excluding hydrogens is 294 g/mol. The molecule has 0 aromatic heterocycles. The Morgan fingerprint density at radius 3 is 2.00 bits per heavy atom. The molecule has 2 aromatic rings. The van der Waals surface area contributed by atoms with E-state index in [1.165, 1.54) is 12.1 Å². The lowest BCUT2D eigenvalue weighted by Crippen LogP contribution is -2.03. The Kier molecular flexibility index (Phi) is 5.75. The predicted octanol–water partition coefficient (Wildman–Crippen LogP) is 3.31. The summed E-state index contributed by atoms with van der Waals surface area (Å²) in [6, 6.07) is 11.1. The summed E-state index contributed by atoms with van der Waals surface area (Å²) in [6.45, 7) is 1.62. The Morgan fingerprint density at radius 2 is 1.57 bits per heavy atom. The second-order valence-electron chi connectivity index (χ2n) is 4.19. The Morgan fingerprint density at radius 1 is 1.00 bits per heavy atom. The molecule has 0 amide bonds. The lowest BCUT2D eigenvalue weighted by Gasteiger charge is -2.01. The summed E-state index contributed by atoms with van der Waals surface area (Å²) in [5.74, 6) is -2.23. The van der Waals surface area contributed by atoms with E-state index in [2.05, 4.69) is 0 Å². The first-order valence-electron chi connectivity index (χ1n) is 5.89. The average Bonchev–Trinajstić information content (AvgIpc) is 2.42. The SMILES string of the molecule is Cc1ccc(C(=O)O)cc1C(=O)O.Nc1ccc(Cl)cc1. The fourth-order valence-corrected chi connectivity index (χ4v) is 1.57. The van der Waals surface area contributed by atoms with E-state index in [1.54, 1.807) is 31.2 Å². The number of aryl methyl sites for hydroxylation is 1. The number of benzene rings is 2. The molecule has 0 aliphatic heterocycles. The molecule has 0 atom stereocenters. The van der Waals surface area contributed by atoms with Gasteiger partial charge in [0, 0.05) is 10.7 Å². The van der Waals surface area contributed by atoms with Crippen molar-refractivity contribution in [3.05, 3.63) is 64.2 Å². The van der Waals surface area contributed by atoms with E-state index in [1.807, 2.05) is 0 Å². The van der Waals surface area contributed by atoms with Gasteiger partial charge in [-0.3, -0.25) is 0 Å². The number of hydrogen-bond donors (Lipinski definition) is 3. The van der Waals surface area contributed by atoms with Crippen LogP contribution >= 0.6 is 11.6 Å². The van der Waals surface area contributed by atoms with Crippen molar-refractivity contribution in [3.8, 4) is 0 Å². The minimum absolute atomic E-state index is 0.0111. The van der Waals surface area contributed by atoms with Crippen LogP contribution in [0.1, 0.15) is 26.3 Å². The van der Waals surface area contributed by atoms with Crippen LogP contribution < -0.4 is 5.73 Å². The number of nitrogens with two attached hydrogens (primary N) is 1. The van der Waals surface area contributed by atoms with Crippen LogP contribution in [0, 0.1) is 6.92 Å². The van der Waals surface area contributed by atoms with E-state index >= 15 is 0 Å². The first kappa shape index (κ1) is 16.5. The second-order valence-corrected chi connectivity index (χ2v) is 4.63. The summed E-state index contributed by atoms with van der Waals surface area (Å²) in [5.41, 5.74) is 6.68. The maximum atomic E-state index is 10.6. The maximum absolute atomic E-state index is 10.6. The molecular formula is C15H14ClNO4. The van der Waals surface area contributed by atoms with Gasteiger partial charge in [0.05, 0.1) is 11.1 Å². The van der Waals surface area contributed by atoms with Crippen molar-refractivity contribution in [1.82, 2.24) is 0 Å². The highest BCUT2D eigenvalue weighted by molar-refractivity contribution is 6.30. The number of hydrogen-bond acceptors (Lipinski definition) is 3. The van der Waals surface area contributed by atoms with Crippen molar-refractivity contribution < 1.29 is 19.8 Å². The first-order valence-corrected chi connectivity index (χ1v) is 6.27. The molecule has 0 aliphatic carbocycles. The molecule has 0 spiro atoms. The van der Waals surface area contributed by atoms with Gasteiger partial charge in [0.2, 0.25) is 0 Å². The summed E-state index contributed by atoms with van der Waals surface area (Å²) in [4.78, 5) is 21.1. The molecule has 2 aromatic carbocycles. The number of carbonyl (C=O) groups is 2. The number of carboxylic acids is 2. The van der Waals surface area contributed by atoms with E-state index in [0.717, 1.165) is 16.8 Å². The summed E-state index contributed by atoms with van der Waals surface area (Å²) in [7, 11) is 0. The highest BCUT2D eigenvalue weighted by atomic mass is 35.5. The molecule has 0 bridgehead atoms. The number of carboxylic acid groups (broad SMARTS) is 2. The molecule has 0 saturated heterocycles. The van der Waals surface area contributed by atoms with Crippen LogP contribution in [-0.4, -0.2) is 22.2 Å². The van der Waals surface area contributed by atoms with Crippen LogP contribution in [0.5, 0.6) is 0 Å². The van der Waals surface area contributed by atoms with Crippen LogP contribution in [0.25, 0.3) is 0 Å². The van der Waals surface area contributed by atoms with E-state index < -0.39 is 11.9 Å². The summed E-state index contributed by atoms with van der Waals surface area (Å²) >= 11 is 5.56.